The van der Waals surface area contributed by atoms with E-state index < -0.39 is 0 Å². The number of fused-ring (bicyclic) bond motifs is 1. The van der Waals surface area contributed by atoms with Crippen LogP contribution in [0.2, 0.25) is 0 Å². The number of ether oxygens (including phenoxy) is 1. The Morgan fingerprint density at radius 3 is 2.54 bits per heavy atom. The van der Waals surface area contributed by atoms with Crippen LogP contribution >= 0.6 is 11.8 Å². The maximum atomic E-state index is 12.9. The Balaban J connectivity index is 1.57. The van der Waals surface area contributed by atoms with Crippen molar-refractivity contribution in [2.45, 2.75) is 4.90 Å². The molecule has 2 heterocycles. The number of thioether (sulfide) groups is 1. The van der Waals surface area contributed by atoms with E-state index in [1.54, 1.807) is 11.8 Å². The summed E-state index contributed by atoms with van der Waals surface area (Å²) in [5.41, 5.74) is 2.79. The largest absolute Gasteiger partial charge is 0.382 e. The van der Waals surface area contributed by atoms with Gasteiger partial charge in [-0.15, -0.1) is 0 Å². The van der Waals surface area contributed by atoms with Gasteiger partial charge in [-0.2, -0.15) is 0 Å². The van der Waals surface area contributed by atoms with Gasteiger partial charge in [-0.05, 0) is 17.7 Å². The van der Waals surface area contributed by atoms with Gasteiger partial charge in [-0.3, -0.25) is 9.69 Å². The van der Waals surface area contributed by atoms with Crippen LogP contribution in [-0.4, -0.2) is 50.1 Å². The fourth-order valence-electron chi connectivity index (χ4n) is 3.27. The number of morpholine rings is 1. The van der Waals surface area contributed by atoms with Crippen LogP contribution in [-0.2, 0) is 4.74 Å². The summed E-state index contributed by atoms with van der Waals surface area (Å²) in [6.07, 6.45) is 0. The second kappa shape index (κ2) is 8.08. The van der Waals surface area contributed by atoms with Crippen LogP contribution < -0.4 is 5.32 Å². The minimum Gasteiger partial charge on any atom is -0.382 e. The summed E-state index contributed by atoms with van der Waals surface area (Å²) in [6.45, 7) is 5.29. The van der Waals surface area contributed by atoms with E-state index in [2.05, 4.69) is 22.3 Å². The molecule has 134 valence electrons. The number of carbonyl (C=O) groups is 1. The molecule has 0 spiro atoms. The average Bonchev–Trinajstić information content (AvgIpc) is 3.03. The summed E-state index contributed by atoms with van der Waals surface area (Å²) in [7, 11) is 0. The number of nitrogens with zero attached hydrogens (tertiary/aromatic N) is 1. The van der Waals surface area contributed by atoms with E-state index >= 15 is 0 Å². The van der Waals surface area contributed by atoms with Crippen LogP contribution in [0.15, 0.2) is 64.4 Å². The highest BCUT2D eigenvalue weighted by Gasteiger charge is 2.29. The van der Waals surface area contributed by atoms with Crippen LogP contribution in [0.4, 0.5) is 0 Å². The fourth-order valence-corrected chi connectivity index (χ4v) is 4.40. The summed E-state index contributed by atoms with van der Waals surface area (Å²) < 4.78 is 5.41. The molecule has 2 aromatic carbocycles. The molecule has 0 atom stereocenters. The van der Waals surface area contributed by atoms with Gasteiger partial charge in [0.25, 0.3) is 0 Å². The molecule has 0 unspecified atom stereocenters. The van der Waals surface area contributed by atoms with Crippen LogP contribution in [0.25, 0.3) is 5.70 Å². The fraction of sp³-hybridized carbons (Fsp3) is 0.286. The van der Waals surface area contributed by atoms with Crippen LogP contribution in [0.3, 0.4) is 0 Å². The number of Topliss-reactive ketones (excluding diaryl/α,β-unsaturated/α-hetero) is 1. The lowest BCUT2D eigenvalue weighted by Crippen LogP contribution is -2.40. The predicted octanol–water partition coefficient (Wildman–Crippen LogP) is 3.27. The lowest BCUT2D eigenvalue weighted by atomic mass is 10.1. The van der Waals surface area contributed by atoms with Crippen molar-refractivity contribution < 1.29 is 9.53 Å². The van der Waals surface area contributed by atoms with E-state index in [-0.39, 0.29) is 5.78 Å². The SMILES string of the molecule is O=C1/C(=C(\NCCN2CCOCC2)c2ccccc2)Sc2ccccc21. The topological polar surface area (TPSA) is 41.6 Å². The zero-order chi connectivity index (χ0) is 17.8. The highest BCUT2D eigenvalue weighted by atomic mass is 32.2. The monoisotopic (exact) mass is 366 g/mol. The molecule has 26 heavy (non-hydrogen) atoms. The van der Waals surface area contributed by atoms with Gasteiger partial charge in [0.1, 0.15) is 0 Å². The number of hydrogen-bond acceptors (Lipinski definition) is 5. The van der Waals surface area contributed by atoms with Crippen molar-refractivity contribution >= 4 is 23.2 Å². The molecule has 2 aromatic rings. The molecule has 0 aromatic heterocycles. The molecular weight excluding hydrogens is 344 g/mol. The van der Waals surface area contributed by atoms with E-state index in [9.17, 15) is 4.79 Å². The van der Waals surface area contributed by atoms with Gasteiger partial charge >= 0.3 is 0 Å². The molecule has 1 fully saturated rings. The first kappa shape index (κ1) is 17.3. The molecule has 2 aliphatic rings. The van der Waals surface area contributed by atoms with Gasteiger partial charge in [0.2, 0.25) is 5.78 Å². The number of ketones is 1. The van der Waals surface area contributed by atoms with Crippen molar-refractivity contribution in [1.29, 1.82) is 0 Å². The van der Waals surface area contributed by atoms with E-state index in [0.29, 0.717) is 0 Å². The molecule has 0 saturated carbocycles. The molecule has 1 saturated heterocycles. The lowest BCUT2D eigenvalue weighted by Gasteiger charge is -2.27. The van der Waals surface area contributed by atoms with Gasteiger partial charge in [-0.1, -0.05) is 54.2 Å². The predicted molar refractivity (Wildman–Crippen MR) is 105 cm³/mol. The highest BCUT2D eigenvalue weighted by Crippen LogP contribution is 2.42. The molecule has 0 aliphatic carbocycles. The zero-order valence-corrected chi connectivity index (χ0v) is 15.4. The number of carbonyl (C=O) groups excluding carboxylic acids is 1. The van der Waals surface area contributed by atoms with Crippen molar-refractivity contribution in [2.24, 2.45) is 0 Å². The lowest BCUT2D eigenvalue weighted by molar-refractivity contribution is 0.0388. The summed E-state index contributed by atoms with van der Waals surface area (Å²) in [5.74, 6) is 0.114. The normalized spacial score (nSPS) is 19.3. The van der Waals surface area contributed by atoms with Crippen LogP contribution in [0.5, 0.6) is 0 Å². The van der Waals surface area contributed by atoms with Crippen LogP contribution in [0.1, 0.15) is 15.9 Å². The third-order valence-electron chi connectivity index (χ3n) is 4.67. The Kier molecular flexibility index (Phi) is 5.39. The molecular formula is C21H22N2O2S. The first-order valence-electron chi connectivity index (χ1n) is 8.98. The Morgan fingerprint density at radius 1 is 1.04 bits per heavy atom. The maximum absolute atomic E-state index is 12.9. The van der Waals surface area contributed by atoms with Crippen molar-refractivity contribution in [1.82, 2.24) is 10.2 Å². The molecule has 4 nitrogen and oxygen atoms in total. The van der Waals surface area contributed by atoms with E-state index in [0.717, 1.165) is 66.0 Å². The Labute approximate surface area is 158 Å². The zero-order valence-electron chi connectivity index (χ0n) is 14.6. The molecule has 1 N–H and O–H groups in total. The minimum atomic E-state index is 0.114. The quantitative estimate of drug-likeness (QED) is 0.823. The smallest absolute Gasteiger partial charge is 0.202 e. The Morgan fingerprint density at radius 2 is 1.77 bits per heavy atom. The minimum absolute atomic E-state index is 0.114. The molecule has 4 rings (SSSR count). The van der Waals surface area contributed by atoms with Crippen LogP contribution in [0, 0.1) is 0 Å². The number of nitrogens with one attached hydrogen (secondary N) is 1. The van der Waals surface area contributed by atoms with Gasteiger partial charge in [0, 0.05) is 36.6 Å². The first-order chi connectivity index (χ1) is 12.8. The molecule has 0 radical (unpaired) electrons. The number of rotatable bonds is 5. The number of benzene rings is 2. The van der Waals surface area contributed by atoms with Crippen molar-refractivity contribution in [3.8, 4) is 0 Å². The van der Waals surface area contributed by atoms with E-state index in [4.69, 9.17) is 4.74 Å². The third-order valence-corrected chi connectivity index (χ3v) is 5.84. The van der Waals surface area contributed by atoms with Crippen molar-refractivity contribution in [3.05, 3.63) is 70.6 Å². The molecule has 5 heteroatoms. The summed E-state index contributed by atoms with van der Waals surface area (Å²) in [6, 6.07) is 18.0. The Bertz CT molecular complexity index is 814. The summed E-state index contributed by atoms with van der Waals surface area (Å²) in [5, 5.41) is 3.55. The van der Waals surface area contributed by atoms with Crippen molar-refractivity contribution in [3.63, 3.8) is 0 Å². The van der Waals surface area contributed by atoms with Gasteiger partial charge in [-0.25, -0.2) is 0 Å². The molecule has 0 bridgehead atoms. The van der Waals surface area contributed by atoms with Gasteiger partial charge in [0.15, 0.2) is 0 Å². The first-order valence-corrected chi connectivity index (χ1v) is 9.80. The average molecular weight is 366 g/mol. The van der Waals surface area contributed by atoms with Gasteiger partial charge in [0.05, 0.1) is 23.8 Å². The second-order valence-corrected chi connectivity index (χ2v) is 7.43. The third kappa shape index (κ3) is 3.70. The van der Waals surface area contributed by atoms with Gasteiger partial charge < -0.3 is 10.1 Å². The molecule has 0 amide bonds. The van der Waals surface area contributed by atoms with E-state index in [1.807, 2.05) is 42.5 Å². The standard InChI is InChI=1S/C21H22N2O2S/c24-20-17-8-4-5-9-18(17)26-21(20)19(16-6-2-1-3-7-16)22-10-11-23-12-14-25-15-13-23/h1-9,22H,10-15H2/b21-19+. The molecule has 2 aliphatic heterocycles. The maximum Gasteiger partial charge on any atom is 0.202 e. The summed E-state index contributed by atoms with van der Waals surface area (Å²) in [4.78, 5) is 17.2. The Hall–Kier alpha value is -2.08. The number of hydrogen-bond donors (Lipinski definition) is 1. The summed E-state index contributed by atoms with van der Waals surface area (Å²) >= 11 is 1.57. The van der Waals surface area contributed by atoms with E-state index in [1.165, 1.54) is 0 Å². The highest BCUT2D eigenvalue weighted by molar-refractivity contribution is 8.05. The number of allylic oxidation sites excluding steroid dienone is 1. The van der Waals surface area contributed by atoms with Crippen molar-refractivity contribution in [2.75, 3.05) is 39.4 Å². The second-order valence-electron chi connectivity index (χ2n) is 6.38.